The molecule has 0 unspecified atom stereocenters. The second-order valence-corrected chi connectivity index (χ2v) is 8.41. The van der Waals surface area contributed by atoms with E-state index < -0.39 is 0 Å². The Morgan fingerprint density at radius 3 is 1.34 bits per heavy atom. The van der Waals surface area contributed by atoms with Crippen molar-refractivity contribution >= 4 is 0 Å². The second-order valence-electron chi connectivity index (χ2n) is 8.41. The maximum absolute atomic E-state index is 2.34. The van der Waals surface area contributed by atoms with Gasteiger partial charge < -0.3 is 24.8 Å². The van der Waals surface area contributed by atoms with Crippen LogP contribution in [0.2, 0.25) is 0 Å². The van der Waals surface area contributed by atoms with Crippen LogP contribution in [0.5, 0.6) is 0 Å². The number of fused-ring (bicyclic) bond motifs is 6. The SMILES string of the molecule is [Cl-].[Cl-].[Hf+2].c1ccc2c(c1)Cc1c(CCCc3cccc4c3Cc3ccccc3-4)cccc1-2. The van der Waals surface area contributed by atoms with Crippen LogP contribution in [0.4, 0.5) is 0 Å². The number of hydrogen-bond acceptors (Lipinski definition) is 0. The van der Waals surface area contributed by atoms with Gasteiger partial charge in [-0.15, -0.1) is 0 Å². The van der Waals surface area contributed by atoms with Crippen LogP contribution >= 0.6 is 0 Å². The molecule has 0 atom stereocenters. The van der Waals surface area contributed by atoms with E-state index in [9.17, 15) is 0 Å². The third-order valence-corrected chi connectivity index (χ3v) is 6.79. The van der Waals surface area contributed by atoms with Gasteiger partial charge in [0.05, 0.1) is 0 Å². The van der Waals surface area contributed by atoms with Crippen molar-refractivity contribution in [2.24, 2.45) is 0 Å². The molecule has 4 aromatic carbocycles. The third-order valence-electron chi connectivity index (χ3n) is 6.79. The van der Waals surface area contributed by atoms with Crippen LogP contribution in [-0.2, 0) is 51.5 Å². The zero-order valence-electron chi connectivity index (χ0n) is 17.9. The maximum Gasteiger partial charge on any atom is 2.00 e. The summed E-state index contributed by atoms with van der Waals surface area (Å²) in [5, 5.41) is 0. The van der Waals surface area contributed by atoms with Crippen LogP contribution in [-0.4, -0.2) is 0 Å². The van der Waals surface area contributed by atoms with Gasteiger partial charge in [0.25, 0.3) is 0 Å². The summed E-state index contributed by atoms with van der Waals surface area (Å²) < 4.78 is 0. The van der Waals surface area contributed by atoms with Crippen LogP contribution < -0.4 is 24.8 Å². The first-order chi connectivity index (χ1) is 14.4. The average Bonchev–Trinajstić information content (AvgIpc) is 3.33. The van der Waals surface area contributed by atoms with Crippen molar-refractivity contribution in [3.63, 3.8) is 0 Å². The molecule has 0 spiro atoms. The van der Waals surface area contributed by atoms with E-state index in [2.05, 4.69) is 84.9 Å². The largest absolute Gasteiger partial charge is 2.00 e. The van der Waals surface area contributed by atoms with Crippen LogP contribution in [0.15, 0.2) is 84.9 Å². The summed E-state index contributed by atoms with van der Waals surface area (Å²) in [7, 11) is 0. The number of aryl methyl sites for hydroxylation is 2. The van der Waals surface area contributed by atoms with Crippen LogP contribution in [0, 0.1) is 0 Å². The Bertz CT molecular complexity index is 1150. The molecule has 0 N–H and O–H groups in total. The van der Waals surface area contributed by atoms with Gasteiger partial charge in [-0.1, -0.05) is 84.9 Å². The Morgan fingerprint density at radius 1 is 0.469 bits per heavy atom. The van der Waals surface area contributed by atoms with Gasteiger partial charge in [0.2, 0.25) is 0 Å². The molecule has 2 aliphatic carbocycles. The molecule has 0 amide bonds. The van der Waals surface area contributed by atoms with Crippen molar-refractivity contribution in [1.29, 1.82) is 0 Å². The molecule has 6 rings (SSSR count). The van der Waals surface area contributed by atoms with Gasteiger partial charge in [0.15, 0.2) is 0 Å². The summed E-state index contributed by atoms with van der Waals surface area (Å²) in [5.74, 6) is 0. The van der Waals surface area contributed by atoms with E-state index in [-0.39, 0.29) is 50.7 Å². The quantitative estimate of drug-likeness (QED) is 0.258. The fraction of sp³-hybridized carbons (Fsp3) is 0.172. The average molecular weight is 622 g/mol. The Labute approximate surface area is 222 Å². The van der Waals surface area contributed by atoms with Crippen LogP contribution in [0.3, 0.4) is 0 Å². The zero-order chi connectivity index (χ0) is 19.2. The van der Waals surface area contributed by atoms with Gasteiger partial charge in [-0.2, -0.15) is 0 Å². The third kappa shape index (κ3) is 4.28. The Morgan fingerprint density at radius 2 is 0.875 bits per heavy atom. The van der Waals surface area contributed by atoms with Gasteiger partial charge in [-0.3, -0.25) is 0 Å². The van der Waals surface area contributed by atoms with Crippen molar-refractivity contribution in [1.82, 2.24) is 0 Å². The molecular formula is C29H24Cl2Hf. The minimum atomic E-state index is 0. The molecule has 3 heteroatoms. The molecule has 32 heavy (non-hydrogen) atoms. The summed E-state index contributed by atoms with van der Waals surface area (Å²) in [6, 6.07) is 31.5. The minimum absolute atomic E-state index is 0. The van der Waals surface area contributed by atoms with Crippen LogP contribution in [0.25, 0.3) is 22.3 Å². The monoisotopic (exact) mass is 622 g/mol. The van der Waals surface area contributed by atoms with Gasteiger partial charge in [0, 0.05) is 0 Å². The van der Waals surface area contributed by atoms with E-state index >= 15 is 0 Å². The number of rotatable bonds is 4. The van der Waals surface area contributed by atoms with Crippen LogP contribution in [0.1, 0.15) is 39.8 Å². The second kappa shape index (κ2) is 10.5. The predicted octanol–water partition coefficient (Wildman–Crippen LogP) is 1.01. The van der Waals surface area contributed by atoms with Gasteiger partial charge in [-0.25, -0.2) is 0 Å². The van der Waals surface area contributed by atoms with Crippen molar-refractivity contribution in [2.45, 2.75) is 32.1 Å². The molecule has 0 saturated carbocycles. The van der Waals surface area contributed by atoms with E-state index in [1.165, 1.54) is 50.9 Å². The molecule has 0 bridgehead atoms. The fourth-order valence-corrected chi connectivity index (χ4v) is 5.38. The molecule has 0 aliphatic heterocycles. The zero-order valence-corrected chi connectivity index (χ0v) is 23.0. The van der Waals surface area contributed by atoms with E-state index in [0.717, 1.165) is 25.7 Å². The first-order valence-electron chi connectivity index (χ1n) is 10.8. The Hall–Kier alpha value is -1.67. The smallest absolute Gasteiger partial charge is 1.00 e. The normalized spacial score (nSPS) is 11.8. The Balaban J connectivity index is 0.000000963. The number of hydrogen-bond donors (Lipinski definition) is 0. The molecule has 0 fully saturated rings. The summed E-state index contributed by atoms with van der Waals surface area (Å²) in [5.41, 5.74) is 14.9. The number of halogens is 2. The predicted molar refractivity (Wildman–Crippen MR) is 121 cm³/mol. The summed E-state index contributed by atoms with van der Waals surface area (Å²) in [6.07, 6.45) is 5.72. The standard InChI is InChI=1S/C29H24.2ClH.Hf/c1-3-14-24-22(8-1)18-28-20(12-6-16-26(24)28)10-5-11-21-13-7-17-27-25-15-4-2-9-23(25)19-29(21)27;;;/h1-4,6-9,12-17H,5,10-11,18-19H2;2*1H;/q;;;+2/p-2. The van der Waals surface area contributed by atoms with Gasteiger partial charge in [-0.05, 0) is 87.7 Å². The molecule has 0 radical (unpaired) electrons. The van der Waals surface area contributed by atoms with Gasteiger partial charge >= 0.3 is 25.8 Å². The number of benzene rings is 4. The molecule has 0 heterocycles. The summed E-state index contributed by atoms with van der Waals surface area (Å²) in [4.78, 5) is 0. The van der Waals surface area contributed by atoms with Crippen molar-refractivity contribution < 1.29 is 50.7 Å². The molecule has 4 aromatic rings. The molecule has 0 aromatic heterocycles. The Kier molecular flexibility index (Phi) is 8.20. The maximum atomic E-state index is 2.34. The molecular weight excluding hydrogens is 598 g/mol. The summed E-state index contributed by atoms with van der Waals surface area (Å²) in [6.45, 7) is 0. The first-order valence-corrected chi connectivity index (χ1v) is 10.8. The minimum Gasteiger partial charge on any atom is -1.00 e. The summed E-state index contributed by atoms with van der Waals surface area (Å²) >= 11 is 0. The van der Waals surface area contributed by atoms with Gasteiger partial charge in [0.1, 0.15) is 0 Å². The molecule has 158 valence electrons. The fourth-order valence-electron chi connectivity index (χ4n) is 5.38. The molecule has 0 saturated heterocycles. The van der Waals surface area contributed by atoms with Crippen molar-refractivity contribution in [3.8, 4) is 22.3 Å². The van der Waals surface area contributed by atoms with Crippen molar-refractivity contribution in [3.05, 3.63) is 118 Å². The first kappa shape index (κ1) is 25.0. The van der Waals surface area contributed by atoms with Crippen molar-refractivity contribution in [2.75, 3.05) is 0 Å². The topological polar surface area (TPSA) is 0 Å². The van der Waals surface area contributed by atoms with E-state index in [1.54, 1.807) is 11.1 Å². The van der Waals surface area contributed by atoms with E-state index in [4.69, 9.17) is 0 Å². The molecule has 0 nitrogen and oxygen atoms in total. The molecule has 2 aliphatic rings. The van der Waals surface area contributed by atoms with E-state index in [1.807, 2.05) is 0 Å². The van der Waals surface area contributed by atoms with E-state index in [0.29, 0.717) is 0 Å².